The number of nitrogens with zero attached hydrogens (tertiary/aromatic N) is 1. The molecular weight excluding hydrogens is 261 g/mol. The van der Waals surface area contributed by atoms with Crippen LogP contribution >= 0.6 is 27.5 Å². The van der Waals surface area contributed by atoms with Crippen LogP contribution in [0.5, 0.6) is 0 Å². The molecule has 0 N–H and O–H groups in total. The molecule has 1 nitrogen and oxygen atoms in total. The third-order valence-electron chi connectivity index (χ3n) is 2.60. The molecular formula is C11H13BrClN. The Kier molecular flexibility index (Phi) is 3.34. The van der Waals surface area contributed by atoms with Crippen LogP contribution in [0.25, 0.3) is 0 Å². The lowest BCUT2D eigenvalue weighted by atomic mass is 10.1. The highest BCUT2D eigenvalue weighted by molar-refractivity contribution is 9.10. The minimum atomic E-state index is 0.857. The second-order valence-electron chi connectivity index (χ2n) is 3.64. The molecule has 14 heavy (non-hydrogen) atoms. The molecule has 1 fully saturated rings. The van der Waals surface area contributed by atoms with Crippen molar-refractivity contribution in [3.05, 3.63) is 27.7 Å². The van der Waals surface area contributed by atoms with Crippen LogP contribution < -0.4 is 4.90 Å². The van der Waals surface area contributed by atoms with E-state index < -0.39 is 0 Å². The largest absolute Gasteiger partial charge is 0.370 e. The van der Waals surface area contributed by atoms with Crippen molar-refractivity contribution in [1.82, 2.24) is 0 Å². The van der Waals surface area contributed by atoms with Gasteiger partial charge in [-0.3, -0.25) is 0 Å². The molecule has 2 rings (SSSR count). The zero-order valence-electron chi connectivity index (χ0n) is 7.97. The summed E-state index contributed by atoms with van der Waals surface area (Å²) in [4.78, 5) is 2.37. The molecule has 0 amide bonds. The van der Waals surface area contributed by atoms with E-state index in [0.717, 1.165) is 22.6 Å². The number of hydrogen-bond donors (Lipinski definition) is 0. The third-order valence-corrected chi connectivity index (χ3v) is 3.42. The molecule has 0 spiro atoms. The number of hydrogen-bond acceptors (Lipinski definition) is 1. The topological polar surface area (TPSA) is 3.24 Å². The average molecular weight is 275 g/mol. The highest BCUT2D eigenvalue weighted by Crippen LogP contribution is 2.30. The maximum absolute atomic E-state index is 6.17. The fourth-order valence-corrected chi connectivity index (χ4v) is 2.45. The van der Waals surface area contributed by atoms with E-state index in [1.54, 1.807) is 0 Å². The maximum atomic E-state index is 6.17. The molecule has 0 aromatic heterocycles. The lowest BCUT2D eigenvalue weighted by molar-refractivity contribution is 0.578. The van der Waals surface area contributed by atoms with Crippen molar-refractivity contribution in [2.45, 2.75) is 19.3 Å². The highest BCUT2D eigenvalue weighted by Gasteiger charge is 2.13. The second kappa shape index (κ2) is 4.54. The van der Waals surface area contributed by atoms with Gasteiger partial charge in [-0.15, -0.1) is 0 Å². The number of piperidine rings is 1. The fraction of sp³-hybridized carbons (Fsp3) is 0.455. The molecule has 1 heterocycles. The zero-order chi connectivity index (χ0) is 9.97. The molecule has 0 saturated carbocycles. The first-order chi connectivity index (χ1) is 6.77. The van der Waals surface area contributed by atoms with E-state index in [0.29, 0.717) is 0 Å². The first-order valence-electron chi connectivity index (χ1n) is 4.97. The van der Waals surface area contributed by atoms with Crippen LogP contribution in [0.3, 0.4) is 0 Å². The molecule has 1 saturated heterocycles. The Labute approximate surface area is 98.2 Å². The van der Waals surface area contributed by atoms with Gasteiger partial charge in [0.2, 0.25) is 0 Å². The van der Waals surface area contributed by atoms with Crippen molar-refractivity contribution >= 4 is 33.2 Å². The highest BCUT2D eigenvalue weighted by atomic mass is 79.9. The Hall–Kier alpha value is -0.210. The molecule has 1 aliphatic heterocycles. The van der Waals surface area contributed by atoms with Crippen LogP contribution in [0.15, 0.2) is 22.7 Å². The zero-order valence-corrected chi connectivity index (χ0v) is 10.3. The first-order valence-corrected chi connectivity index (χ1v) is 6.14. The minimum absolute atomic E-state index is 0.857. The van der Waals surface area contributed by atoms with Crippen molar-refractivity contribution in [2.24, 2.45) is 0 Å². The van der Waals surface area contributed by atoms with Crippen molar-refractivity contribution in [3.8, 4) is 0 Å². The summed E-state index contributed by atoms with van der Waals surface area (Å²) in [6.45, 7) is 2.27. The summed E-state index contributed by atoms with van der Waals surface area (Å²) in [5, 5.41) is 0.857. The number of anilines is 1. The van der Waals surface area contributed by atoms with Crippen molar-refractivity contribution < 1.29 is 0 Å². The molecule has 0 atom stereocenters. The molecule has 0 bridgehead atoms. The Morgan fingerprint density at radius 2 is 1.86 bits per heavy atom. The lowest BCUT2D eigenvalue weighted by Gasteiger charge is -2.29. The standard InChI is InChI=1S/C11H13BrClN/c12-9-4-5-10(13)11(8-9)14-6-2-1-3-7-14/h4-5,8H,1-3,6-7H2. The summed E-state index contributed by atoms with van der Waals surface area (Å²) in [5.41, 5.74) is 1.17. The lowest BCUT2D eigenvalue weighted by Crippen LogP contribution is -2.29. The van der Waals surface area contributed by atoms with E-state index in [9.17, 15) is 0 Å². The van der Waals surface area contributed by atoms with Crippen LogP contribution in [-0.4, -0.2) is 13.1 Å². The van der Waals surface area contributed by atoms with Gasteiger partial charge in [-0.1, -0.05) is 27.5 Å². The smallest absolute Gasteiger partial charge is 0.0640 e. The van der Waals surface area contributed by atoms with Gasteiger partial charge >= 0.3 is 0 Å². The van der Waals surface area contributed by atoms with E-state index in [1.807, 2.05) is 12.1 Å². The SMILES string of the molecule is Clc1ccc(Br)cc1N1CCCCC1. The summed E-state index contributed by atoms with van der Waals surface area (Å²) >= 11 is 9.64. The van der Waals surface area contributed by atoms with Gasteiger partial charge in [0, 0.05) is 17.6 Å². The summed E-state index contributed by atoms with van der Waals surface area (Å²) in [5.74, 6) is 0. The van der Waals surface area contributed by atoms with Crippen LogP contribution in [0.4, 0.5) is 5.69 Å². The van der Waals surface area contributed by atoms with E-state index >= 15 is 0 Å². The monoisotopic (exact) mass is 273 g/mol. The molecule has 76 valence electrons. The average Bonchev–Trinajstić information content (AvgIpc) is 2.23. The van der Waals surface area contributed by atoms with Gasteiger partial charge in [0.25, 0.3) is 0 Å². The summed E-state index contributed by atoms with van der Waals surface area (Å²) in [6, 6.07) is 6.04. The van der Waals surface area contributed by atoms with E-state index in [1.165, 1.54) is 24.9 Å². The van der Waals surface area contributed by atoms with Gasteiger partial charge in [0.05, 0.1) is 10.7 Å². The van der Waals surface area contributed by atoms with Crippen LogP contribution in [0.2, 0.25) is 5.02 Å². The number of benzene rings is 1. The van der Waals surface area contributed by atoms with Gasteiger partial charge < -0.3 is 4.90 Å². The van der Waals surface area contributed by atoms with E-state index in [2.05, 4.69) is 26.9 Å². The molecule has 1 aromatic carbocycles. The van der Waals surface area contributed by atoms with Crippen molar-refractivity contribution in [1.29, 1.82) is 0 Å². The van der Waals surface area contributed by atoms with Gasteiger partial charge in [-0.05, 0) is 37.5 Å². The summed E-state index contributed by atoms with van der Waals surface area (Å²) in [6.07, 6.45) is 3.91. The van der Waals surface area contributed by atoms with E-state index in [4.69, 9.17) is 11.6 Å². The van der Waals surface area contributed by atoms with Crippen LogP contribution in [0, 0.1) is 0 Å². The van der Waals surface area contributed by atoms with Gasteiger partial charge in [-0.25, -0.2) is 0 Å². The predicted molar refractivity (Wildman–Crippen MR) is 65.2 cm³/mol. The molecule has 1 aliphatic rings. The Bertz CT molecular complexity index is 321. The van der Waals surface area contributed by atoms with Gasteiger partial charge in [-0.2, -0.15) is 0 Å². The maximum Gasteiger partial charge on any atom is 0.0640 e. The fourth-order valence-electron chi connectivity index (χ4n) is 1.86. The minimum Gasteiger partial charge on any atom is -0.370 e. The Morgan fingerprint density at radius 3 is 2.57 bits per heavy atom. The summed E-state index contributed by atoms with van der Waals surface area (Å²) in [7, 11) is 0. The predicted octanol–water partition coefficient (Wildman–Crippen LogP) is 4.09. The Morgan fingerprint density at radius 1 is 1.14 bits per heavy atom. The first kappa shape index (κ1) is 10.3. The third kappa shape index (κ3) is 2.23. The second-order valence-corrected chi connectivity index (χ2v) is 4.97. The quantitative estimate of drug-likeness (QED) is 0.745. The number of rotatable bonds is 1. The summed E-state index contributed by atoms with van der Waals surface area (Å²) < 4.78 is 1.10. The van der Waals surface area contributed by atoms with Crippen LogP contribution in [0.1, 0.15) is 19.3 Å². The normalized spacial score (nSPS) is 17.1. The number of halogens is 2. The molecule has 1 aromatic rings. The Balaban J connectivity index is 2.24. The van der Waals surface area contributed by atoms with Gasteiger partial charge in [0.15, 0.2) is 0 Å². The molecule has 3 heteroatoms. The molecule has 0 unspecified atom stereocenters. The molecule has 0 aliphatic carbocycles. The van der Waals surface area contributed by atoms with Crippen molar-refractivity contribution in [2.75, 3.05) is 18.0 Å². The van der Waals surface area contributed by atoms with Crippen LogP contribution in [-0.2, 0) is 0 Å². The van der Waals surface area contributed by atoms with Gasteiger partial charge in [0.1, 0.15) is 0 Å². The van der Waals surface area contributed by atoms with Crippen molar-refractivity contribution in [3.63, 3.8) is 0 Å². The molecule has 0 radical (unpaired) electrons. The van der Waals surface area contributed by atoms with E-state index in [-0.39, 0.29) is 0 Å².